The Bertz CT molecular complexity index is 126. The summed E-state index contributed by atoms with van der Waals surface area (Å²) in [5.74, 6) is 0. The third kappa shape index (κ3) is 4.40. The zero-order valence-electron chi connectivity index (χ0n) is 7.17. The molecule has 2 bridgehead atoms. The molecule has 2 fully saturated rings. The van der Waals surface area contributed by atoms with Gasteiger partial charge in [-0.25, -0.2) is 0 Å². The smallest absolute Gasteiger partial charge is 0.833 e. The second-order valence-corrected chi connectivity index (χ2v) is 1.84. The molecule has 0 aliphatic carbocycles. The van der Waals surface area contributed by atoms with E-state index in [-0.39, 0.29) is 77.0 Å². The summed E-state index contributed by atoms with van der Waals surface area (Å²) in [4.78, 5) is 0. The SMILES string of the molecule is [Li+].[O-]B1OB2OB([O-])OB(O1)O2.[Rb+]. The van der Waals surface area contributed by atoms with Gasteiger partial charge >= 0.3 is 106 Å². The third-order valence-electron chi connectivity index (χ3n) is 1.11. The first-order valence-corrected chi connectivity index (χ1v) is 2.83. The Balaban J connectivity index is 0.000000720. The predicted octanol–water partition coefficient (Wildman–Crippen LogP) is -10.2. The maximum Gasteiger partial charge on any atom is 1.00 e. The number of hydrogen-bond acceptors (Lipinski definition) is 7. The fourth-order valence-electron chi connectivity index (χ4n) is 0.710. The Kier molecular flexibility index (Phi) is 8.11. The minimum atomic E-state index is -1.73. The molecule has 0 aromatic carbocycles. The maximum atomic E-state index is 10.5. The molecule has 7 nitrogen and oxygen atoms in total. The Hall–Kier alpha value is 2.38. The predicted molar refractivity (Wildman–Crippen MR) is 28.4 cm³/mol. The van der Waals surface area contributed by atoms with Crippen molar-refractivity contribution in [2.75, 3.05) is 0 Å². The number of fused-ring (bicyclic) bond motifs is 2. The van der Waals surface area contributed by atoms with E-state index < -0.39 is 29.3 Å². The van der Waals surface area contributed by atoms with Crippen LogP contribution in [0.1, 0.15) is 0 Å². The molecule has 0 N–H and O–H groups in total. The van der Waals surface area contributed by atoms with Gasteiger partial charge in [0.05, 0.1) is 0 Å². The second kappa shape index (κ2) is 6.86. The third-order valence-corrected chi connectivity index (χ3v) is 1.11. The van der Waals surface area contributed by atoms with Gasteiger partial charge in [-0.3, -0.25) is 0 Å². The summed E-state index contributed by atoms with van der Waals surface area (Å²) in [6.45, 7) is 0. The van der Waals surface area contributed by atoms with Gasteiger partial charge in [-0.15, -0.1) is 0 Å². The van der Waals surface area contributed by atoms with E-state index in [1.54, 1.807) is 0 Å². The zero-order valence-corrected chi connectivity index (χ0v) is 12.1. The fourth-order valence-corrected chi connectivity index (χ4v) is 0.710. The van der Waals surface area contributed by atoms with E-state index in [4.69, 9.17) is 0 Å². The molecule has 56 valence electrons. The first kappa shape index (κ1) is 15.4. The molecule has 0 radical (unpaired) electrons. The Morgan fingerprint density at radius 3 is 1.31 bits per heavy atom. The van der Waals surface area contributed by atoms with Crippen LogP contribution < -0.4 is 87.1 Å². The maximum absolute atomic E-state index is 10.5. The normalized spacial score (nSPS) is 20.8. The van der Waals surface area contributed by atoms with Crippen LogP contribution in [-0.4, -0.2) is 29.3 Å². The van der Waals surface area contributed by atoms with Gasteiger partial charge in [0.1, 0.15) is 0 Å². The molecule has 0 aromatic heterocycles. The standard InChI is InChI=1S/B4O7.Li.Rb/c5-1-7-3-9-2(6)10-4(8-1)11-3;;/q-2;2*+1. The van der Waals surface area contributed by atoms with Gasteiger partial charge in [0.25, 0.3) is 0 Å². The molecule has 0 spiro atoms. The van der Waals surface area contributed by atoms with E-state index in [0.717, 1.165) is 0 Å². The summed E-state index contributed by atoms with van der Waals surface area (Å²) < 4.78 is 21.9. The van der Waals surface area contributed by atoms with Crippen molar-refractivity contribution >= 4 is 29.3 Å². The van der Waals surface area contributed by atoms with Crippen LogP contribution in [0.25, 0.3) is 0 Å². The molecule has 0 atom stereocenters. The van der Waals surface area contributed by atoms with Crippen LogP contribution in [-0.2, 0) is 22.9 Å². The van der Waals surface area contributed by atoms with Crippen LogP contribution in [0.15, 0.2) is 0 Å². The van der Waals surface area contributed by atoms with Gasteiger partial charge in [-0.1, -0.05) is 0 Å². The van der Waals surface area contributed by atoms with Crippen LogP contribution >= 0.6 is 0 Å². The Morgan fingerprint density at radius 2 is 1.00 bits per heavy atom. The van der Waals surface area contributed by atoms with Crippen LogP contribution in [0.2, 0.25) is 0 Å². The fraction of sp³-hybridized carbons (Fsp3) is 0. The van der Waals surface area contributed by atoms with Gasteiger partial charge in [0, 0.05) is 0 Å². The van der Waals surface area contributed by atoms with E-state index in [2.05, 4.69) is 22.9 Å². The van der Waals surface area contributed by atoms with Crippen molar-refractivity contribution in [2.45, 2.75) is 0 Å². The van der Waals surface area contributed by atoms with Crippen LogP contribution in [0.4, 0.5) is 0 Å². The zero-order chi connectivity index (χ0) is 7.84. The minimum absolute atomic E-state index is 0. The van der Waals surface area contributed by atoms with Crippen LogP contribution in [0, 0.1) is 0 Å². The Labute approximate surface area is 137 Å². The molecule has 2 heterocycles. The molecule has 0 amide bonds. The summed E-state index contributed by atoms with van der Waals surface area (Å²) in [6.07, 6.45) is 0. The van der Waals surface area contributed by atoms with Crippen molar-refractivity contribution in [1.82, 2.24) is 0 Å². The van der Waals surface area contributed by atoms with Crippen LogP contribution in [0.5, 0.6) is 0 Å². The molecule has 13 heteroatoms. The molecule has 2 rings (SSSR count). The van der Waals surface area contributed by atoms with Crippen LogP contribution in [0.3, 0.4) is 0 Å². The largest absolute Gasteiger partial charge is 1.00 e. The minimum Gasteiger partial charge on any atom is -0.833 e. The van der Waals surface area contributed by atoms with Crippen molar-refractivity contribution in [1.29, 1.82) is 0 Å². The van der Waals surface area contributed by atoms with E-state index in [0.29, 0.717) is 0 Å². The molecule has 13 heavy (non-hydrogen) atoms. The molecule has 0 aromatic rings. The molecule has 2 aliphatic heterocycles. The van der Waals surface area contributed by atoms with E-state index >= 15 is 0 Å². The topological polar surface area (TPSA) is 92.3 Å². The second-order valence-electron chi connectivity index (χ2n) is 1.84. The van der Waals surface area contributed by atoms with Gasteiger partial charge < -0.3 is 32.9 Å². The van der Waals surface area contributed by atoms with Gasteiger partial charge in [0.2, 0.25) is 0 Å². The first-order chi connectivity index (χ1) is 5.24. The van der Waals surface area contributed by atoms with Crippen molar-refractivity contribution in [3.05, 3.63) is 0 Å². The van der Waals surface area contributed by atoms with Gasteiger partial charge in [-0.05, 0) is 0 Å². The quantitative estimate of drug-likeness (QED) is 0.393. The van der Waals surface area contributed by atoms with E-state index in [9.17, 15) is 10.0 Å². The average Bonchev–Trinajstić information content (AvgIpc) is 1.82. The molecule has 0 unspecified atom stereocenters. The van der Waals surface area contributed by atoms with E-state index in [1.165, 1.54) is 0 Å². The first-order valence-electron chi connectivity index (χ1n) is 2.83. The number of hydrogen-bond donors (Lipinski definition) is 0. The summed E-state index contributed by atoms with van der Waals surface area (Å²) in [5, 5.41) is 21.0. The summed E-state index contributed by atoms with van der Waals surface area (Å²) in [5.41, 5.74) is 0. The molecular formula is B4LiO7Rb. The summed E-state index contributed by atoms with van der Waals surface area (Å²) in [7, 11) is -6.00. The monoisotopic (exact) mass is 248 g/mol. The molecular weight excluding hydrogens is 248 g/mol. The average molecular weight is 248 g/mol. The van der Waals surface area contributed by atoms with Crippen molar-refractivity contribution < 1.29 is 110 Å². The van der Waals surface area contributed by atoms with Crippen molar-refractivity contribution in [2.24, 2.45) is 0 Å². The van der Waals surface area contributed by atoms with E-state index in [1.807, 2.05) is 0 Å². The Morgan fingerprint density at radius 1 is 0.692 bits per heavy atom. The van der Waals surface area contributed by atoms with Gasteiger partial charge in [0.15, 0.2) is 0 Å². The summed E-state index contributed by atoms with van der Waals surface area (Å²) in [6, 6.07) is 0. The molecule has 0 saturated carbocycles. The molecule has 2 saturated heterocycles. The summed E-state index contributed by atoms with van der Waals surface area (Å²) >= 11 is 0. The molecule has 2 aliphatic rings. The van der Waals surface area contributed by atoms with Crippen molar-refractivity contribution in [3.63, 3.8) is 0 Å². The number of rotatable bonds is 0. The van der Waals surface area contributed by atoms with Gasteiger partial charge in [-0.2, -0.15) is 0 Å². The van der Waals surface area contributed by atoms with Crippen molar-refractivity contribution in [3.8, 4) is 0 Å².